The van der Waals surface area contributed by atoms with Crippen LogP contribution in [-0.2, 0) is 30.5 Å². The van der Waals surface area contributed by atoms with Crippen molar-refractivity contribution in [2.75, 3.05) is 34.1 Å². The van der Waals surface area contributed by atoms with Gasteiger partial charge in [0.2, 0.25) is 0 Å². The summed E-state index contributed by atoms with van der Waals surface area (Å²) in [5, 5.41) is 9.05. The summed E-state index contributed by atoms with van der Waals surface area (Å²) in [5.74, 6) is 1.49. The highest BCUT2D eigenvalue weighted by Crippen LogP contribution is 2.46. The molecule has 0 N–H and O–H groups in total. The number of nitriles is 1. The molecule has 1 saturated heterocycles. The molecule has 5 aromatic rings. The van der Waals surface area contributed by atoms with Gasteiger partial charge in [-0.25, -0.2) is 15.0 Å². The Bertz CT molecular complexity index is 1860. The third-order valence-corrected chi connectivity index (χ3v) is 10.3. The van der Waals surface area contributed by atoms with Crippen LogP contribution in [0.25, 0.3) is 11.2 Å². The highest BCUT2D eigenvalue weighted by molar-refractivity contribution is 7.46. The summed E-state index contributed by atoms with van der Waals surface area (Å²) in [7, 11) is 2.02. The molecular formula is C39H44N5O6P. The summed E-state index contributed by atoms with van der Waals surface area (Å²) in [4.78, 5) is 13.4. The van der Waals surface area contributed by atoms with E-state index in [0.717, 1.165) is 52.2 Å². The Hall–Kier alpha value is -4.43. The number of fused-ring (bicyclic) bond motifs is 1. The molecular weight excluding hydrogens is 665 g/mol. The van der Waals surface area contributed by atoms with Crippen LogP contribution in [0, 0.1) is 18.3 Å². The quantitative estimate of drug-likeness (QED) is 0.0573. The van der Waals surface area contributed by atoms with Gasteiger partial charge in [-0.15, -0.1) is 0 Å². The Kier molecular flexibility index (Phi) is 11.9. The summed E-state index contributed by atoms with van der Waals surface area (Å²) < 4.78 is 39.5. The molecule has 3 aromatic carbocycles. The van der Waals surface area contributed by atoms with Gasteiger partial charge in [0.05, 0.1) is 58.0 Å². The van der Waals surface area contributed by atoms with Gasteiger partial charge in [0, 0.05) is 13.1 Å². The fourth-order valence-electron chi connectivity index (χ4n) is 6.56. The normalized spacial score (nSPS) is 18.1. The topological polar surface area (TPSA) is 123 Å². The summed E-state index contributed by atoms with van der Waals surface area (Å²) in [5.41, 5.74) is 5.24. The second kappa shape index (κ2) is 16.7. The minimum absolute atomic E-state index is 0.179. The molecule has 0 saturated carbocycles. The number of hydrogen-bond donors (Lipinski definition) is 0. The smallest absolute Gasteiger partial charge is 0.167 e. The van der Waals surface area contributed by atoms with Crippen molar-refractivity contribution >= 4 is 19.5 Å². The van der Waals surface area contributed by atoms with Gasteiger partial charge in [0.1, 0.15) is 41.3 Å². The summed E-state index contributed by atoms with van der Waals surface area (Å²) in [6, 6.07) is 26.8. The van der Waals surface area contributed by atoms with Crippen LogP contribution >= 0.6 is 8.38 Å². The molecule has 0 radical (unpaired) electrons. The molecule has 6 rings (SSSR count). The fraction of sp³-hybridized carbons (Fsp3) is 0.385. The number of aryl methyl sites for hydroxylation is 2. The third kappa shape index (κ3) is 7.91. The number of nitrogens with zero attached hydrogens (tertiary/aromatic N) is 5. The van der Waals surface area contributed by atoms with Gasteiger partial charge in [-0.2, -0.15) is 5.26 Å². The zero-order valence-electron chi connectivity index (χ0n) is 29.7. The second-order valence-electron chi connectivity index (χ2n) is 12.4. The molecule has 4 atom stereocenters. The predicted octanol–water partition coefficient (Wildman–Crippen LogP) is 7.66. The van der Waals surface area contributed by atoms with Gasteiger partial charge in [0.15, 0.2) is 14.0 Å². The fourth-order valence-corrected chi connectivity index (χ4v) is 7.57. The van der Waals surface area contributed by atoms with Crippen LogP contribution in [0.1, 0.15) is 60.4 Å². The van der Waals surface area contributed by atoms with E-state index in [4.69, 9.17) is 33.3 Å². The Morgan fingerprint density at radius 1 is 0.922 bits per heavy atom. The first-order valence-corrected chi connectivity index (χ1v) is 18.7. The van der Waals surface area contributed by atoms with Crippen LogP contribution in [0.15, 0.2) is 85.5 Å². The lowest BCUT2D eigenvalue weighted by atomic mass is 9.79. The van der Waals surface area contributed by atoms with Crippen LogP contribution in [0.4, 0.5) is 0 Å². The molecule has 2 aromatic heterocycles. The lowest BCUT2D eigenvalue weighted by molar-refractivity contribution is -0.0902. The molecule has 1 aliphatic rings. The van der Waals surface area contributed by atoms with E-state index in [1.54, 1.807) is 20.5 Å². The van der Waals surface area contributed by atoms with Gasteiger partial charge in [-0.05, 0) is 59.9 Å². The van der Waals surface area contributed by atoms with Gasteiger partial charge in [-0.1, -0.05) is 61.9 Å². The molecule has 0 spiro atoms. The average molecular weight is 710 g/mol. The SMILES string of the molecule is CCCc1ccc(C(OC[C@H]2O[C@@H](n3cnc4c(C)ncnc43)C[C@H]2OP(C)OCCC#N)(c2ccc(OC)cc2)c2ccc(OC)cc2)cc1. The molecule has 1 unspecified atom stereocenters. The molecule has 1 fully saturated rings. The van der Waals surface area contributed by atoms with Crippen molar-refractivity contribution in [2.24, 2.45) is 0 Å². The number of imidazole rings is 1. The summed E-state index contributed by atoms with van der Waals surface area (Å²) >= 11 is 0. The zero-order valence-corrected chi connectivity index (χ0v) is 30.6. The van der Waals surface area contributed by atoms with Gasteiger partial charge in [0.25, 0.3) is 0 Å². The zero-order chi connectivity index (χ0) is 35.8. The largest absolute Gasteiger partial charge is 0.497 e. The standard InChI is InChI=1S/C39H44N5O6P/c1-6-8-28-9-11-29(12-10-28)39(30-13-17-32(45-3)18-14-30,31-15-19-33(46-4)20-16-31)47-24-35-34(50-51(5)48-22-7-21-40)23-36(49-35)44-26-43-37-27(2)41-25-42-38(37)44/h9-20,25-26,34-36H,6-8,22-24H2,1-5H3/t34-,35-,36-,51?/m1/s1. The Labute approximate surface area is 300 Å². The highest BCUT2D eigenvalue weighted by Gasteiger charge is 2.44. The first-order chi connectivity index (χ1) is 24.9. The minimum atomic E-state index is -1.30. The molecule has 3 heterocycles. The number of benzene rings is 3. The maximum atomic E-state index is 9.05. The molecule has 51 heavy (non-hydrogen) atoms. The van der Waals surface area contributed by atoms with E-state index >= 15 is 0 Å². The van der Waals surface area contributed by atoms with Crippen molar-refractivity contribution in [2.45, 2.75) is 63.6 Å². The van der Waals surface area contributed by atoms with E-state index < -0.39 is 26.3 Å². The van der Waals surface area contributed by atoms with E-state index in [-0.39, 0.29) is 19.1 Å². The number of hydrogen-bond acceptors (Lipinski definition) is 10. The monoisotopic (exact) mass is 709 g/mol. The minimum Gasteiger partial charge on any atom is -0.497 e. The van der Waals surface area contributed by atoms with E-state index in [2.05, 4.69) is 52.2 Å². The van der Waals surface area contributed by atoms with E-state index in [0.29, 0.717) is 18.7 Å². The number of ether oxygens (including phenoxy) is 4. The molecule has 0 bridgehead atoms. The van der Waals surface area contributed by atoms with Crippen LogP contribution < -0.4 is 9.47 Å². The highest BCUT2D eigenvalue weighted by atomic mass is 31.2. The predicted molar refractivity (Wildman–Crippen MR) is 195 cm³/mol. The van der Waals surface area contributed by atoms with Crippen molar-refractivity contribution in [3.05, 3.63) is 113 Å². The number of aromatic nitrogens is 4. The van der Waals surface area contributed by atoms with E-state index in [9.17, 15) is 0 Å². The van der Waals surface area contributed by atoms with Gasteiger partial charge >= 0.3 is 0 Å². The van der Waals surface area contributed by atoms with Crippen LogP contribution in [0.3, 0.4) is 0 Å². The molecule has 0 aliphatic carbocycles. The summed E-state index contributed by atoms with van der Waals surface area (Å²) in [6.07, 6.45) is 4.83. The van der Waals surface area contributed by atoms with Crippen molar-refractivity contribution in [3.63, 3.8) is 0 Å². The molecule has 0 amide bonds. The van der Waals surface area contributed by atoms with Gasteiger partial charge in [-0.3, -0.25) is 4.57 Å². The number of methoxy groups -OCH3 is 2. The first kappa shape index (κ1) is 36.4. The molecule has 1 aliphatic heterocycles. The maximum absolute atomic E-state index is 9.05. The average Bonchev–Trinajstić information content (AvgIpc) is 3.78. The van der Waals surface area contributed by atoms with Gasteiger partial charge < -0.3 is 28.0 Å². The van der Waals surface area contributed by atoms with E-state index in [1.165, 1.54) is 11.9 Å². The lowest BCUT2D eigenvalue weighted by Crippen LogP contribution is -2.38. The molecule has 11 nitrogen and oxygen atoms in total. The summed E-state index contributed by atoms with van der Waals surface area (Å²) in [6.45, 7) is 6.47. The Morgan fingerprint density at radius 3 is 2.14 bits per heavy atom. The van der Waals surface area contributed by atoms with Crippen molar-refractivity contribution in [1.82, 2.24) is 19.5 Å². The molecule has 266 valence electrons. The Balaban J connectivity index is 1.40. The van der Waals surface area contributed by atoms with Crippen LogP contribution in [-0.4, -0.2) is 65.8 Å². The van der Waals surface area contributed by atoms with Crippen molar-refractivity contribution < 1.29 is 28.0 Å². The van der Waals surface area contributed by atoms with Crippen LogP contribution in [0.2, 0.25) is 0 Å². The van der Waals surface area contributed by atoms with Crippen molar-refractivity contribution in [1.29, 1.82) is 5.26 Å². The van der Waals surface area contributed by atoms with Crippen LogP contribution in [0.5, 0.6) is 11.5 Å². The lowest BCUT2D eigenvalue weighted by Gasteiger charge is -2.37. The second-order valence-corrected chi connectivity index (χ2v) is 13.7. The first-order valence-electron chi connectivity index (χ1n) is 17.1. The van der Waals surface area contributed by atoms with Crippen molar-refractivity contribution in [3.8, 4) is 17.6 Å². The Morgan fingerprint density at radius 2 is 1.55 bits per heavy atom. The number of rotatable bonds is 16. The van der Waals surface area contributed by atoms with E-state index in [1.807, 2.05) is 66.7 Å². The third-order valence-electron chi connectivity index (χ3n) is 9.16. The molecule has 12 heteroatoms. The maximum Gasteiger partial charge on any atom is 0.167 e.